The molecule has 0 aliphatic rings. The highest BCUT2D eigenvalue weighted by Gasteiger charge is 2.16. The molecule has 1 heterocycles. The highest BCUT2D eigenvalue weighted by Crippen LogP contribution is 2.25. The molecule has 3 aromatic carbocycles. The first-order valence-electron chi connectivity index (χ1n) is 9.64. The van der Waals surface area contributed by atoms with Crippen molar-refractivity contribution in [3.05, 3.63) is 112 Å². The molecule has 0 radical (unpaired) electrons. The Kier molecular flexibility index (Phi) is 5.71. The number of nitrogens with zero attached hydrogens (tertiary/aromatic N) is 2. The lowest BCUT2D eigenvalue weighted by atomic mass is 9.97. The van der Waals surface area contributed by atoms with Crippen LogP contribution >= 0.6 is 0 Å². The van der Waals surface area contributed by atoms with Crippen molar-refractivity contribution in [3.63, 3.8) is 0 Å². The number of aromatic nitrogens is 2. The molecule has 0 N–H and O–H groups in total. The van der Waals surface area contributed by atoms with E-state index in [-0.39, 0.29) is 11.3 Å². The minimum absolute atomic E-state index is 0.128. The van der Waals surface area contributed by atoms with Crippen molar-refractivity contribution >= 4 is 9.84 Å². The van der Waals surface area contributed by atoms with Crippen LogP contribution in [0.2, 0.25) is 0 Å². The van der Waals surface area contributed by atoms with Gasteiger partial charge < -0.3 is 0 Å². The molecule has 0 saturated carbocycles. The molecule has 162 valence electrons. The van der Waals surface area contributed by atoms with Crippen LogP contribution in [0.3, 0.4) is 0 Å². The molecule has 0 fully saturated rings. The topological polar surface area (TPSA) is 69.0 Å². The van der Waals surface area contributed by atoms with Crippen LogP contribution in [0, 0.1) is 11.6 Å². The van der Waals surface area contributed by atoms with Crippen molar-refractivity contribution < 1.29 is 17.2 Å². The fraction of sp³-hybridized carbons (Fsp3) is 0.0833. The zero-order valence-electron chi connectivity index (χ0n) is 17.0. The van der Waals surface area contributed by atoms with Gasteiger partial charge in [-0.25, -0.2) is 17.2 Å². The number of rotatable bonds is 5. The fourth-order valence-corrected chi connectivity index (χ4v) is 4.04. The minimum Gasteiger partial charge on any atom is -0.267 e. The van der Waals surface area contributed by atoms with E-state index in [0.29, 0.717) is 27.9 Å². The molecule has 0 saturated heterocycles. The fourth-order valence-electron chi connectivity index (χ4n) is 3.41. The van der Waals surface area contributed by atoms with Gasteiger partial charge in [-0.2, -0.15) is 9.78 Å². The third-order valence-electron chi connectivity index (χ3n) is 5.01. The van der Waals surface area contributed by atoms with E-state index in [1.165, 1.54) is 54.7 Å². The summed E-state index contributed by atoms with van der Waals surface area (Å²) in [5, 5.41) is 4.23. The van der Waals surface area contributed by atoms with E-state index in [2.05, 4.69) is 5.10 Å². The van der Waals surface area contributed by atoms with Gasteiger partial charge in [0.25, 0.3) is 5.56 Å². The number of sulfone groups is 1. The standard InChI is InChI=1S/C24H18F2N2O3S/c1-32(30,31)21-11-5-17(6-12-21)23-15-27-28(20-9-7-18(25)8-10-20)24(29)22(23)14-16-3-2-4-19(26)13-16/h2-13,15H,14H2,1H3. The number of hydrogen-bond donors (Lipinski definition) is 0. The molecule has 8 heteroatoms. The number of benzene rings is 3. The van der Waals surface area contributed by atoms with Gasteiger partial charge in [0.15, 0.2) is 9.84 Å². The third-order valence-corrected chi connectivity index (χ3v) is 6.14. The van der Waals surface area contributed by atoms with Gasteiger partial charge in [-0.3, -0.25) is 4.79 Å². The zero-order valence-corrected chi connectivity index (χ0v) is 17.8. The minimum atomic E-state index is -3.37. The molecule has 0 aliphatic carbocycles. The molecular weight excluding hydrogens is 434 g/mol. The number of hydrogen-bond acceptors (Lipinski definition) is 4. The van der Waals surface area contributed by atoms with Crippen LogP contribution in [0.25, 0.3) is 16.8 Å². The summed E-state index contributed by atoms with van der Waals surface area (Å²) in [6.07, 6.45) is 2.74. The molecule has 32 heavy (non-hydrogen) atoms. The Balaban J connectivity index is 1.88. The Hall–Kier alpha value is -3.65. The summed E-state index contributed by atoms with van der Waals surface area (Å²) >= 11 is 0. The largest absolute Gasteiger partial charge is 0.275 e. The predicted molar refractivity (Wildman–Crippen MR) is 118 cm³/mol. The van der Waals surface area contributed by atoms with Crippen LogP contribution in [-0.4, -0.2) is 24.5 Å². The van der Waals surface area contributed by atoms with E-state index >= 15 is 0 Å². The summed E-state index contributed by atoms with van der Waals surface area (Å²) < 4.78 is 51.8. The molecule has 1 aromatic heterocycles. The maximum atomic E-state index is 13.7. The monoisotopic (exact) mass is 452 g/mol. The molecule has 0 spiro atoms. The van der Waals surface area contributed by atoms with E-state index in [1.807, 2.05) is 0 Å². The van der Waals surface area contributed by atoms with Gasteiger partial charge in [0.05, 0.1) is 16.8 Å². The first kappa shape index (κ1) is 21.6. The summed E-state index contributed by atoms with van der Waals surface area (Å²) in [7, 11) is -3.37. The van der Waals surface area contributed by atoms with E-state index < -0.39 is 27.0 Å². The highest BCUT2D eigenvalue weighted by atomic mass is 32.2. The molecule has 4 rings (SSSR count). The normalized spacial score (nSPS) is 11.5. The molecular formula is C24H18F2N2O3S. The maximum Gasteiger partial charge on any atom is 0.275 e. The average Bonchev–Trinajstić information content (AvgIpc) is 2.75. The predicted octanol–water partition coefficient (Wildman–Crippen LogP) is 4.17. The first-order valence-corrected chi connectivity index (χ1v) is 11.5. The summed E-state index contributed by atoms with van der Waals surface area (Å²) in [4.78, 5) is 13.5. The molecule has 4 aromatic rings. The van der Waals surface area contributed by atoms with Gasteiger partial charge in [0, 0.05) is 23.8 Å². The van der Waals surface area contributed by atoms with E-state index in [9.17, 15) is 22.0 Å². The van der Waals surface area contributed by atoms with Crippen LogP contribution in [0.5, 0.6) is 0 Å². The smallest absolute Gasteiger partial charge is 0.267 e. The Morgan fingerprint density at radius 1 is 0.906 bits per heavy atom. The number of halogens is 2. The van der Waals surface area contributed by atoms with Crippen LogP contribution in [0.1, 0.15) is 11.1 Å². The molecule has 0 bridgehead atoms. The molecule has 0 atom stereocenters. The lowest BCUT2D eigenvalue weighted by molar-refractivity contribution is 0.602. The van der Waals surface area contributed by atoms with Crippen LogP contribution < -0.4 is 5.56 Å². The van der Waals surface area contributed by atoms with Gasteiger partial charge in [-0.05, 0) is 59.7 Å². The Labute approximate surface area is 183 Å². The lowest BCUT2D eigenvalue weighted by Crippen LogP contribution is -2.25. The van der Waals surface area contributed by atoms with Crippen LogP contribution in [0.4, 0.5) is 8.78 Å². The highest BCUT2D eigenvalue weighted by molar-refractivity contribution is 7.90. The van der Waals surface area contributed by atoms with Gasteiger partial charge >= 0.3 is 0 Å². The second kappa shape index (κ2) is 8.47. The van der Waals surface area contributed by atoms with Crippen LogP contribution in [0.15, 0.2) is 88.7 Å². The van der Waals surface area contributed by atoms with Crippen molar-refractivity contribution in [1.82, 2.24) is 9.78 Å². The summed E-state index contributed by atoms with van der Waals surface area (Å²) in [6, 6.07) is 17.4. The van der Waals surface area contributed by atoms with Crippen molar-refractivity contribution in [2.45, 2.75) is 11.3 Å². The zero-order chi connectivity index (χ0) is 22.9. The molecule has 0 unspecified atom stereocenters. The van der Waals surface area contributed by atoms with Gasteiger partial charge in [-0.1, -0.05) is 24.3 Å². The van der Waals surface area contributed by atoms with E-state index in [4.69, 9.17) is 0 Å². The van der Waals surface area contributed by atoms with Crippen LogP contribution in [-0.2, 0) is 16.3 Å². The molecule has 0 amide bonds. The van der Waals surface area contributed by atoms with Gasteiger partial charge in [0.2, 0.25) is 0 Å². The third kappa shape index (κ3) is 4.50. The lowest BCUT2D eigenvalue weighted by Gasteiger charge is -2.13. The molecule has 0 aliphatic heterocycles. The Morgan fingerprint density at radius 2 is 1.59 bits per heavy atom. The second-order valence-corrected chi connectivity index (χ2v) is 9.35. The van der Waals surface area contributed by atoms with Gasteiger partial charge in [0.1, 0.15) is 11.6 Å². The Bertz CT molecular complexity index is 1450. The van der Waals surface area contributed by atoms with Crippen molar-refractivity contribution in [2.24, 2.45) is 0 Å². The summed E-state index contributed by atoms with van der Waals surface area (Å²) in [6.45, 7) is 0. The van der Waals surface area contributed by atoms with Crippen molar-refractivity contribution in [2.75, 3.05) is 6.26 Å². The summed E-state index contributed by atoms with van der Waals surface area (Å²) in [5.74, 6) is -0.862. The van der Waals surface area contributed by atoms with Crippen molar-refractivity contribution in [3.8, 4) is 16.8 Å². The van der Waals surface area contributed by atoms with Gasteiger partial charge in [-0.15, -0.1) is 0 Å². The summed E-state index contributed by atoms with van der Waals surface area (Å²) in [5.41, 5.74) is 1.98. The second-order valence-electron chi connectivity index (χ2n) is 7.33. The first-order chi connectivity index (χ1) is 15.2. The maximum absolute atomic E-state index is 13.7. The van der Waals surface area contributed by atoms with E-state index in [0.717, 1.165) is 10.9 Å². The Morgan fingerprint density at radius 3 is 2.22 bits per heavy atom. The average molecular weight is 452 g/mol. The SMILES string of the molecule is CS(=O)(=O)c1ccc(-c2cnn(-c3ccc(F)cc3)c(=O)c2Cc2cccc(F)c2)cc1. The van der Waals surface area contributed by atoms with E-state index in [1.54, 1.807) is 24.3 Å². The quantitative estimate of drug-likeness (QED) is 0.456. The van der Waals surface area contributed by atoms with Crippen molar-refractivity contribution in [1.29, 1.82) is 0 Å². The molecule has 5 nitrogen and oxygen atoms in total.